The molecule has 0 unspecified atom stereocenters. The topological polar surface area (TPSA) is 35.0 Å². The number of rotatable bonds is 3. The first kappa shape index (κ1) is 11.9. The minimum Gasteiger partial charge on any atom is -0.481 e. The fourth-order valence-electron chi connectivity index (χ4n) is 1.59. The molecule has 0 amide bonds. The van der Waals surface area contributed by atoms with E-state index in [1.165, 1.54) is 0 Å². The summed E-state index contributed by atoms with van der Waals surface area (Å²) >= 11 is 1.60. The molecule has 0 bridgehead atoms. The van der Waals surface area contributed by atoms with Gasteiger partial charge < -0.3 is 4.74 Å². The summed E-state index contributed by atoms with van der Waals surface area (Å²) in [5.74, 6) is 1.35. The number of benzene rings is 1. The van der Waals surface area contributed by atoms with Crippen molar-refractivity contribution in [3.8, 4) is 17.3 Å². The molecule has 0 saturated carbocycles. The van der Waals surface area contributed by atoms with E-state index in [0.29, 0.717) is 11.7 Å². The zero-order valence-electron chi connectivity index (χ0n) is 10.1. The van der Waals surface area contributed by atoms with Crippen LogP contribution in [-0.2, 0) is 0 Å². The van der Waals surface area contributed by atoms with Gasteiger partial charge in [-0.05, 0) is 13.2 Å². The number of methoxy groups -OCH3 is 1. The molecule has 0 radical (unpaired) electrons. The van der Waals surface area contributed by atoms with E-state index in [4.69, 9.17) is 4.74 Å². The molecule has 17 heavy (non-hydrogen) atoms. The first-order valence-electron chi connectivity index (χ1n) is 5.28. The van der Waals surface area contributed by atoms with Crippen molar-refractivity contribution >= 4 is 11.8 Å². The molecule has 0 aliphatic heterocycles. The molecule has 0 spiro atoms. The largest absolute Gasteiger partial charge is 0.481 e. The van der Waals surface area contributed by atoms with Crippen LogP contribution in [0.25, 0.3) is 11.4 Å². The normalized spacial score (nSPS) is 10.3. The van der Waals surface area contributed by atoms with Crippen molar-refractivity contribution in [2.45, 2.75) is 11.9 Å². The highest BCUT2D eigenvalue weighted by molar-refractivity contribution is 7.98. The van der Waals surface area contributed by atoms with E-state index < -0.39 is 0 Å². The van der Waals surface area contributed by atoms with E-state index in [9.17, 15) is 0 Å². The second-order valence-corrected chi connectivity index (χ2v) is 4.35. The number of thioether (sulfide) groups is 1. The smallest absolute Gasteiger partial charge is 0.220 e. The van der Waals surface area contributed by atoms with Crippen molar-refractivity contribution in [3.63, 3.8) is 0 Å². The van der Waals surface area contributed by atoms with Gasteiger partial charge in [0.25, 0.3) is 0 Å². The van der Waals surface area contributed by atoms with Crippen molar-refractivity contribution in [2.75, 3.05) is 13.4 Å². The van der Waals surface area contributed by atoms with Crippen LogP contribution in [-0.4, -0.2) is 23.3 Å². The molecule has 0 saturated heterocycles. The number of hydrogen-bond donors (Lipinski definition) is 0. The van der Waals surface area contributed by atoms with Crippen molar-refractivity contribution in [1.82, 2.24) is 9.97 Å². The van der Waals surface area contributed by atoms with Gasteiger partial charge in [-0.1, -0.05) is 30.3 Å². The second kappa shape index (κ2) is 5.19. The Morgan fingerprint density at radius 1 is 1.12 bits per heavy atom. The second-order valence-electron chi connectivity index (χ2n) is 3.56. The van der Waals surface area contributed by atoms with E-state index >= 15 is 0 Å². The molecule has 1 aromatic carbocycles. The third-order valence-electron chi connectivity index (χ3n) is 2.48. The van der Waals surface area contributed by atoms with Crippen LogP contribution in [0.2, 0.25) is 0 Å². The number of aromatic nitrogens is 2. The van der Waals surface area contributed by atoms with Crippen LogP contribution in [0.15, 0.2) is 35.4 Å². The van der Waals surface area contributed by atoms with Crippen LogP contribution in [0.1, 0.15) is 5.56 Å². The fourth-order valence-corrected chi connectivity index (χ4v) is 2.16. The summed E-state index contributed by atoms with van der Waals surface area (Å²) in [6, 6.07) is 9.92. The minimum atomic E-state index is 0.642. The lowest BCUT2D eigenvalue weighted by atomic mass is 10.2. The quantitative estimate of drug-likeness (QED) is 0.615. The van der Waals surface area contributed by atoms with Gasteiger partial charge in [0.2, 0.25) is 5.88 Å². The molecule has 0 aliphatic rings. The number of hydrogen-bond acceptors (Lipinski definition) is 4. The van der Waals surface area contributed by atoms with Crippen LogP contribution in [0.4, 0.5) is 0 Å². The molecule has 2 aromatic rings. The predicted molar refractivity (Wildman–Crippen MR) is 70.5 cm³/mol. The average molecular weight is 246 g/mol. The number of ether oxygens (including phenoxy) is 1. The van der Waals surface area contributed by atoms with Crippen LogP contribution >= 0.6 is 11.8 Å². The Hall–Kier alpha value is -1.55. The Morgan fingerprint density at radius 2 is 1.82 bits per heavy atom. The maximum absolute atomic E-state index is 5.29. The van der Waals surface area contributed by atoms with Crippen LogP contribution in [0.5, 0.6) is 5.88 Å². The standard InChI is InChI=1S/C13H14N2OS/c1-9-12(16-2)14-11(15-13(9)17-3)10-7-5-4-6-8-10/h4-8H,1-3H3. The molecule has 0 N–H and O–H groups in total. The maximum atomic E-state index is 5.29. The summed E-state index contributed by atoms with van der Waals surface area (Å²) in [4.78, 5) is 8.96. The third kappa shape index (κ3) is 2.42. The highest BCUT2D eigenvalue weighted by Crippen LogP contribution is 2.27. The van der Waals surface area contributed by atoms with Crippen molar-refractivity contribution in [2.24, 2.45) is 0 Å². The first-order chi connectivity index (χ1) is 8.26. The maximum Gasteiger partial charge on any atom is 0.220 e. The van der Waals surface area contributed by atoms with Crippen molar-refractivity contribution in [3.05, 3.63) is 35.9 Å². The monoisotopic (exact) mass is 246 g/mol. The van der Waals surface area contributed by atoms with E-state index in [0.717, 1.165) is 16.2 Å². The summed E-state index contributed by atoms with van der Waals surface area (Å²) in [7, 11) is 1.63. The summed E-state index contributed by atoms with van der Waals surface area (Å²) in [6.07, 6.45) is 2.00. The van der Waals surface area contributed by atoms with Gasteiger partial charge in [0.15, 0.2) is 5.82 Å². The zero-order valence-corrected chi connectivity index (χ0v) is 10.9. The predicted octanol–water partition coefficient (Wildman–Crippen LogP) is 3.18. The zero-order chi connectivity index (χ0) is 12.3. The molecular weight excluding hydrogens is 232 g/mol. The Balaban J connectivity index is 2.56. The number of nitrogens with zero attached hydrogens (tertiary/aromatic N) is 2. The fraction of sp³-hybridized carbons (Fsp3) is 0.231. The first-order valence-corrected chi connectivity index (χ1v) is 6.50. The van der Waals surface area contributed by atoms with Crippen molar-refractivity contribution in [1.29, 1.82) is 0 Å². The van der Waals surface area contributed by atoms with Gasteiger partial charge in [0.1, 0.15) is 5.03 Å². The van der Waals surface area contributed by atoms with E-state index in [2.05, 4.69) is 9.97 Å². The van der Waals surface area contributed by atoms with Crippen LogP contribution in [0, 0.1) is 6.92 Å². The van der Waals surface area contributed by atoms with Crippen molar-refractivity contribution < 1.29 is 4.74 Å². The molecule has 1 heterocycles. The lowest BCUT2D eigenvalue weighted by molar-refractivity contribution is 0.392. The van der Waals surface area contributed by atoms with Gasteiger partial charge in [-0.25, -0.2) is 4.98 Å². The minimum absolute atomic E-state index is 0.642. The Morgan fingerprint density at radius 3 is 2.41 bits per heavy atom. The van der Waals surface area contributed by atoms with Gasteiger partial charge in [-0.15, -0.1) is 11.8 Å². The van der Waals surface area contributed by atoms with E-state index in [1.807, 2.05) is 43.5 Å². The summed E-state index contributed by atoms with van der Waals surface area (Å²) < 4.78 is 5.29. The molecule has 3 nitrogen and oxygen atoms in total. The molecule has 88 valence electrons. The van der Waals surface area contributed by atoms with Gasteiger partial charge in [-0.2, -0.15) is 4.98 Å². The van der Waals surface area contributed by atoms with Gasteiger partial charge in [0, 0.05) is 11.1 Å². The Bertz CT molecular complexity index is 489. The molecule has 2 rings (SSSR count). The summed E-state index contributed by atoms with van der Waals surface area (Å²) in [5.41, 5.74) is 1.99. The average Bonchev–Trinajstić information content (AvgIpc) is 2.40. The van der Waals surface area contributed by atoms with Gasteiger partial charge in [0.05, 0.1) is 7.11 Å². The Labute approximate surface area is 105 Å². The molecule has 0 aliphatic carbocycles. The van der Waals surface area contributed by atoms with Crippen LogP contribution < -0.4 is 4.74 Å². The van der Waals surface area contributed by atoms with E-state index in [-0.39, 0.29) is 0 Å². The summed E-state index contributed by atoms with van der Waals surface area (Å²) in [6.45, 7) is 1.97. The van der Waals surface area contributed by atoms with Crippen LogP contribution in [0.3, 0.4) is 0 Å². The lowest BCUT2D eigenvalue weighted by Gasteiger charge is -2.09. The third-order valence-corrected chi connectivity index (χ3v) is 3.26. The molecule has 4 heteroatoms. The molecule has 0 fully saturated rings. The summed E-state index contributed by atoms with van der Waals surface area (Å²) in [5, 5.41) is 0.954. The lowest BCUT2D eigenvalue weighted by Crippen LogP contribution is -1.99. The SMILES string of the molecule is COc1nc(-c2ccccc2)nc(SC)c1C. The Kier molecular flexibility index (Phi) is 3.64. The highest BCUT2D eigenvalue weighted by atomic mass is 32.2. The van der Waals surface area contributed by atoms with Gasteiger partial charge in [-0.3, -0.25) is 0 Å². The highest BCUT2D eigenvalue weighted by Gasteiger charge is 2.11. The molecular formula is C13H14N2OS. The molecule has 0 atom stereocenters. The van der Waals surface area contributed by atoms with E-state index in [1.54, 1.807) is 18.9 Å². The van der Waals surface area contributed by atoms with Gasteiger partial charge >= 0.3 is 0 Å². The molecule has 1 aromatic heterocycles.